The van der Waals surface area contributed by atoms with Crippen LogP contribution in [0.4, 0.5) is 4.39 Å². The standard InChI is InChI=1S/C11H11ClFN3O/c1-16-11(14-6-15-16)5-10(17)7-2-8(12)4-9(13)3-7/h2-4,6,10,17H,5H2,1H3. The van der Waals surface area contributed by atoms with Gasteiger partial charge in [-0.3, -0.25) is 4.68 Å². The molecule has 0 spiro atoms. The molecule has 0 saturated heterocycles. The second-order valence-corrected chi connectivity index (χ2v) is 4.16. The molecule has 0 amide bonds. The molecule has 4 nitrogen and oxygen atoms in total. The van der Waals surface area contributed by atoms with Crippen LogP contribution in [0.3, 0.4) is 0 Å². The van der Waals surface area contributed by atoms with Crippen LogP contribution in [0.15, 0.2) is 24.5 Å². The van der Waals surface area contributed by atoms with Gasteiger partial charge in [-0.1, -0.05) is 11.6 Å². The van der Waals surface area contributed by atoms with Crippen LogP contribution in [0.1, 0.15) is 17.5 Å². The van der Waals surface area contributed by atoms with Gasteiger partial charge < -0.3 is 5.11 Å². The minimum Gasteiger partial charge on any atom is -0.388 e. The average Bonchev–Trinajstić information content (AvgIpc) is 2.63. The SMILES string of the molecule is Cn1ncnc1CC(O)c1cc(F)cc(Cl)c1. The van der Waals surface area contributed by atoms with Crippen molar-refractivity contribution in [2.45, 2.75) is 12.5 Å². The van der Waals surface area contributed by atoms with Gasteiger partial charge in [0.05, 0.1) is 6.10 Å². The Kier molecular flexibility index (Phi) is 3.40. The highest BCUT2D eigenvalue weighted by molar-refractivity contribution is 6.30. The molecule has 0 saturated carbocycles. The number of halogens is 2. The maximum atomic E-state index is 13.1. The Bertz CT molecular complexity index is 509. The van der Waals surface area contributed by atoms with Gasteiger partial charge in [-0.05, 0) is 23.8 Å². The highest BCUT2D eigenvalue weighted by atomic mass is 35.5. The number of aliphatic hydroxyl groups is 1. The lowest BCUT2D eigenvalue weighted by Gasteiger charge is -2.10. The monoisotopic (exact) mass is 255 g/mol. The number of aromatic nitrogens is 3. The molecule has 2 aromatic rings. The van der Waals surface area contributed by atoms with Gasteiger partial charge in [-0.25, -0.2) is 9.37 Å². The molecule has 0 radical (unpaired) electrons. The average molecular weight is 256 g/mol. The second kappa shape index (κ2) is 4.81. The summed E-state index contributed by atoms with van der Waals surface area (Å²) < 4.78 is 14.7. The van der Waals surface area contributed by atoms with E-state index in [0.29, 0.717) is 11.4 Å². The molecule has 2 rings (SSSR count). The molecule has 17 heavy (non-hydrogen) atoms. The quantitative estimate of drug-likeness (QED) is 0.911. The third-order valence-electron chi connectivity index (χ3n) is 2.45. The van der Waals surface area contributed by atoms with Crippen LogP contribution >= 0.6 is 11.6 Å². The summed E-state index contributed by atoms with van der Waals surface area (Å²) in [5.41, 5.74) is 0.429. The van der Waals surface area contributed by atoms with Crippen LogP contribution in [0.5, 0.6) is 0 Å². The zero-order chi connectivity index (χ0) is 12.4. The minimum atomic E-state index is -0.855. The highest BCUT2D eigenvalue weighted by Gasteiger charge is 2.13. The normalized spacial score (nSPS) is 12.7. The molecule has 1 heterocycles. The lowest BCUT2D eigenvalue weighted by molar-refractivity contribution is 0.174. The van der Waals surface area contributed by atoms with E-state index in [2.05, 4.69) is 10.1 Å². The summed E-state index contributed by atoms with van der Waals surface area (Å²) in [5.74, 6) is 0.155. The van der Waals surface area contributed by atoms with Crippen molar-refractivity contribution in [3.8, 4) is 0 Å². The van der Waals surface area contributed by atoms with E-state index in [1.807, 2.05) is 0 Å². The van der Waals surface area contributed by atoms with Crippen molar-refractivity contribution in [2.24, 2.45) is 7.05 Å². The smallest absolute Gasteiger partial charge is 0.138 e. The number of rotatable bonds is 3. The fourth-order valence-corrected chi connectivity index (χ4v) is 1.79. The van der Waals surface area contributed by atoms with Crippen LogP contribution in [-0.2, 0) is 13.5 Å². The number of nitrogens with zero attached hydrogens (tertiary/aromatic N) is 3. The largest absolute Gasteiger partial charge is 0.388 e. The molecule has 6 heteroatoms. The number of aryl methyl sites for hydroxylation is 1. The Hall–Kier alpha value is -1.46. The first-order valence-electron chi connectivity index (χ1n) is 5.03. The zero-order valence-electron chi connectivity index (χ0n) is 9.14. The van der Waals surface area contributed by atoms with E-state index in [4.69, 9.17) is 11.6 Å². The molecule has 1 aromatic heterocycles. The van der Waals surface area contributed by atoms with Gasteiger partial charge in [0.25, 0.3) is 0 Å². The Balaban J connectivity index is 2.20. The van der Waals surface area contributed by atoms with Crippen molar-refractivity contribution in [1.82, 2.24) is 14.8 Å². The minimum absolute atomic E-state index is 0.260. The molecular weight excluding hydrogens is 245 g/mol. The van der Waals surface area contributed by atoms with E-state index < -0.39 is 11.9 Å². The predicted molar refractivity (Wildman–Crippen MR) is 61.1 cm³/mol. The first-order chi connectivity index (χ1) is 8.06. The van der Waals surface area contributed by atoms with Gasteiger partial charge in [0, 0.05) is 18.5 Å². The number of aliphatic hydroxyl groups excluding tert-OH is 1. The highest BCUT2D eigenvalue weighted by Crippen LogP contribution is 2.22. The topological polar surface area (TPSA) is 50.9 Å². The van der Waals surface area contributed by atoms with E-state index in [1.54, 1.807) is 11.7 Å². The molecular formula is C11H11ClFN3O. The maximum Gasteiger partial charge on any atom is 0.138 e. The van der Waals surface area contributed by atoms with Gasteiger partial charge in [0.1, 0.15) is 18.0 Å². The summed E-state index contributed by atoms with van der Waals surface area (Å²) >= 11 is 5.72. The Labute approximate surface area is 103 Å². The van der Waals surface area contributed by atoms with Crippen molar-refractivity contribution in [2.75, 3.05) is 0 Å². The Morgan fingerprint density at radius 1 is 1.47 bits per heavy atom. The Morgan fingerprint density at radius 2 is 2.24 bits per heavy atom. The lowest BCUT2D eigenvalue weighted by Crippen LogP contribution is -2.08. The van der Waals surface area contributed by atoms with Gasteiger partial charge in [0.15, 0.2) is 0 Å². The Morgan fingerprint density at radius 3 is 2.82 bits per heavy atom. The fourth-order valence-electron chi connectivity index (χ4n) is 1.56. The van der Waals surface area contributed by atoms with Crippen molar-refractivity contribution in [3.63, 3.8) is 0 Å². The third kappa shape index (κ3) is 2.81. The lowest BCUT2D eigenvalue weighted by atomic mass is 10.1. The van der Waals surface area contributed by atoms with Crippen LogP contribution in [-0.4, -0.2) is 19.9 Å². The van der Waals surface area contributed by atoms with Crippen LogP contribution < -0.4 is 0 Å². The van der Waals surface area contributed by atoms with Gasteiger partial charge in [-0.2, -0.15) is 5.10 Å². The third-order valence-corrected chi connectivity index (χ3v) is 2.67. The van der Waals surface area contributed by atoms with Gasteiger partial charge in [-0.15, -0.1) is 0 Å². The number of hydrogen-bond donors (Lipinski definition) is 1. The molecule has 0 aliphatic carbocycles. The van der Waals surface area contributed by atoms with Crippen molar-refractivity contribution in [3.05, 3.63) is 46.8 Å². The number of hydrogen-bond acceptors (Lipinski definition) is 3. The van der Waals surface area contributed by atoms with Crippen LogP contribution in [0.2, 0.25) is 5.02 Å². The molecule has 1 atom stereocenters. The first-order valence-corrected chi connectivity index (χ1v) is 5.41. The van der Waals surface area contributed by atoms with Crippen molar-refractivity contribution >= 4 is 11.6 Å². The van der Waals surface area contributed by atoms with E-state index in [0.717, 1.165) is 0 Å². The summed E-state index contributed by atoms with van der Waals surface area (Å²) in [7, 11) is 1.73. The summed E-state index contributed by atoms with van der Waals surface area (Å²) in [4.78, 5) is 3.99. The van der Waals surface area contributed by atoms with E-state index in [1.165, 1.54) is 24.5 Å². The zero-order valence-corrected chi connectivity index (χ0v) is 9.89. The molecule has 1 N–H and O–H groups in total. The van der Waals surface area contributed by atoms with Crippen LogP contribution in [0.25, 0.3) is 0 Å². The summed E-state index contributed by atoms with van der Waals surface area (Å²) in [6.45, 7) is 0. The van der Waals surface area contributed by atoms with E-state index in [9.17, 15) is 9.50 Å². The molecule has 1 aromatic carbocycles. The first kappa shape index (κ1) is 12.0. The summed E-state index contributed by atoms with van der Waals surface area (Å²) in [5, 5.41) is 14.1. The van der Waals surface area contributed by atoms with Gasteiger partial charge >= 0.3 is 0 Å². The number of benzene rings is 1. The molecule has 0 aliphatic rings. The van der Waals surface area contributed by atoms with Crippen LogP contribution in [0, 0.1) is 5.82 Å². The predicted octanol–water partition coefficient (Wildman–Crippen LogP) is 1.88. The molecule has 0 aliphatic heterocycles. The fraction of sp³-hybridized carbons (Fsp3) is 0.273. The van der Waals surface area contributed by atoms with E-state index in [-0.39, 0.29) is 11.4 Å². The molecule has 0 fully saturated rings. The summed E-state index contributed by atoms with van der Waals surface area (Å²) in [6, 6.07) is 3.98. The van der Waals surface area contributed by atoms with Crippen molar-refractivity contribution < 1.29 is 9.50 Å². The second-order valence-electron chi connectivity index (χ2n) is 3.72. The molecule has 0 bridgehead atoms. The van der Waals surface area contributed by atoms with Crippen molar-refractivity contribution in [1.29, 1.82) is 0 Å². The summed E-state index contributed by atoms with van der Waals surface area (Å²) in [6.07, 6.45) is 0.808. The maximum absolute atomic E-state index is 13.1. The molecule has 90 valence electrons. The molecule has 1 unspecified atom stereocenters. The van der Waals surface area contributed by atoms with E-state index >= 15 is 0 Å². The van der Waals surface area contributed by atoms with Gasteiger partial charge in [0.2, 0.25) is 0 Å².